The van der Waals surface area contributed by atoms with Crippen LogP contribution in [0.2, 0.25) is 0 Å². The number of allylic oxidation sites excluding steroid dienone is 2. The molecule has 0 saturated carbocycles. The van der Waals surface area contributed by atoms with Crippen molar-refractivity contribution in [3.63, 3.8) is 0 Å². The van der Waals surface area contributed by atoms with E-state index in [1.807, 2.05) is 0 Å². The molecular formula is C8H13N. The molecule has 0 unspecified atom stereocenters. The minimum atomic E-state index is 1.09. The zero-order valence-electron chi connectivity index (χ0n) is 5.88. The first-order chi connectivity index (χ1) is 4.43. The maximum atomic E-state index is 2.31. The number of rotatable bonds is 2. The van der Waals surface area contributed by atoms with Gasteiger partial charge in [-0.25, -0.2) is 0 Å². The van der Waals surface area contributed by atoms with E-state index in [2.05, 4.69) is 36.3 Å². The van der Waals surface area contributed by atoms with Crippen molar-refractivity contribution in [3.05, 3.63) is 24.4 Å². The van der Waals surface area contributed by atoms with E-state index < -0.39 is 0 Å². The summed E-state index contributed by atoms with van der Waals surface area (Å²) in [5, 5.41) is 0. The largest absolute Gasteiger partial charge is 0.374 e. The van der Waals surface area contributed by atoms with Crippen LogP contribution in [-0.2, 0) is 0 Å². The van der Waals surface area contributed by atoms with E-state index in [1.54, 1.807) is 0 Å². The highest BCUT2D eigenvalue weighted by molar-refractivity contribution is 5.08. The molecule has 0 fully saturated rings. The van der Waals surface area contributed by atoms with Crippen LogP contribution in [0.15, 0.2) is 24.4 Å². The van der Waals surface area contributed by atoms with Crippen LogP contribution in [0.5, 0.6) is 0 Å². The van der Waals surface area contributed by atoms with Crippen LogP contribution in [0.25, 0.3) is 0 Å². The summed E-state index contributed by atoms with van der Waals surface area (Å²) in [5.41, 5.74) is 0. The average Bonchev–Trinajstić information content (AvgIpc) is 1.91. The second kappa shape index (κ2) is 3.33. The molecular weight excluding hydrogens is 110 g/mol. The standard InChI is InChI=1S/C8H13N/c1-2-6-9-7-4-3-5-8-9/h3-5,7H,2,6,8H2,1H3. The third kappa shape index (κ3) is 1.92. The lowest BCUT2D eigenvalue weighted by Crippen LogP contribution is -2.19. The van der Waals surface area contributed by atoms with Gasteiger partial charge in [0.1, 0.15) is 0 Å². The normalized spacial score (nSPS) is 16.8. The molecule has 0 spiro atoms. The van der Waals surface area contributed by atoms with Gasteiger partial charge in [-0.2, -0.15) is 0 Å². The molecule has 0 N–H and O–H groups in total. The molecule has 0 bridgehead atoms. The molecule has 0 aromatic heterocycles. The van der Waals surface area contributed by atoms with E-state index >= 15 is 0 Å². The van der Waals surface area contributed by atoms with Gasteiger partial charge < -0.3 is 4.90 Å². The fourth-order valence-corrected chi connectivity index (χ4v) is 0.960. The summed E-state index contributed by atoms with van der Waals surface area (Å²) in [4.78, 5) is 2.31. The molecule has 1 rings (SSSR count). The highest BCUT2D eigenvalue weighted by atomic mass is 15.1. The minimum absolute atomic E-state index is 1.09. The molecule has 0 aromatic carbocycles. The van der Waals surface area contributed by atoms with Crippen molar-refractivity contribution < 1.29 is 0 Å². The Morgan fingerprint density at radius 2 is 2.33 bits per heavy atom. The van der Waals surface area contributed by atoms with Crippen molar-refractivity contribution in [2.45, 2.75) is 13.3 Å². The summed E-state index contributed by atoms with van der Waals surface area (Å²) < 4.78 is 0. The lowest BCUT2D eigenvalue weighted by Gasteiger charge is -2.18. The number of hydrogen-bond acceptors (Lipinski definition) is 1. The lowest BCUT2D eigenvalue weighted by molar-refractivity contribution is 0.411. The van der Waals surface area contributed by atoms with E-state index in [4.69, 9.17) is 0 Å². The van der Waals surface area contributed by atoms with Gasteiger partial charge in [-0.1, -0.05) is 19.1 Å². The molecule has 0 atom stereocenters. The second-order valence-corrected chi connectivity index (χ2v) is 2.26. The smallest absolute Gasteiger partial charge is 0.0357 e. The van der Waals surface area contributed by atoms with Gasteiger partial charge in [0.2, 0.25) is 0 Å². The van der Waals surface area contributed by atoms with E-state index in [0.29, 0.717) is 0 Å². The average molecular weight is 123 g/mol. The molecule has 1 heteroatoms. The maximum Gasteiger partial charge on any atom is 0.0357 e. The Bertz CT molecular complexity index is 125. The Kier molecular flexibility index (Phi) is 2.37. The Morgan fingerprint density at radius 3 is 2.89 bits per heavy atom. The molecule has 0 radical (unpaired) electrons. The van der Waals surface area contributed by atoms with Crippen LogP contribution in [0, 0.1) is 0 Å². The van der Waals surface area contributed by atoms with E-state index in [-0.39, 0.29) is 0 Å². The van der Waals surface area contributed by atoms with E-state index in [9.17, 15) is 0 Å². The Balaban J connectivity index is 2.28. The van der Waals surface area contributed by atoms with Gasteiger partial charge in [-0.05, 0) is 18.7 Å². The van der Waals surface area contributed by atoms with Gasteiger partial charge in [0, 0.05) is 13.1 Å². The zero-order chi connectivity index (χ0) is 6.53. The quantitative estimate of drug-likeness (QED) is 0.541. The second-order valence-electron chi connectivity index (χ2n) is 2.26. The van der Waals surface area contributed by atoms with Crippen molar-refractivity contribution in [2.75, 3.05) is 13.1 Å². The molecule has 0 amide bonds. The molecule has 1 aliphatic rings. The highest BCUT2D eigenvalue weighted by Crippen LogP contribution is 1.98. The van der Waals surface area contributed by atoms with Crippen molar-refractivity contribution in [2.24, 2.45) is 0 Å². The Labute approximate surface area is 56.7 Å². The third-order valence-corrected chi connectivity index (χ3v) is 1.39. The summed E-state index contributed by atoms with van der Waals surface area (Å²) >= 11 is 0. The molecule has 1 aliphatic heterocycles. The Morgan fingerprint density at radius 1 is 1.44 bits per heavy atom. The van der Waals surface area contributed by atoms with Crippen LogP contribution < -0.4 is 0 Å². The number of hydrogen-bond donors (Lipinski definition) is 0. The first kappa shape index (κ1) is 6.40. The molecule has 0 saturated heterocycles. The van der Waals surface area contributed by atoms with Crippen LogP contribution >= 0.6 is 0 Å². The topological polar surface area (TPSA) is 3.24 Å². The SMILES string of the molecule is CCCN1C=CC=CC1. The fraction of sp³-hybridized carbons (Fsp3) is 0.500. The van der Waals surface area contributed by atoms with Crippen molar-refractivity contribution in [3.8, 4) is 0 Å². The highest BCUT2D eigenvalue weighted by Gasteiger charge is 1.94. The Hall–Kier alpha value is -0.720. The first-order valence-electron chi connectivity index (χ1n) is 3.51. The van der Waals surface area contributed by atoms with Crippen molar-refractivity contribution in [1.29, 1.82) is 0 Å². The van der Waals surface area contributed by atoms with E-state index in [1.165, 1.54) is 13.0 Å². The monoisotopic (exact) mass is 123 g/mol. The van der Waals surface area contributed by atoms with Gasteiger partial charge in [0.05, 0.1) is 0 Å². The van der Waals surface area contributed by atoms with Crippen LogP contribution in [0.4, 0.5) is 0 Å². The predicted octanol–water partition coefficient (Wildman–Crippen LogP) is 1.78. The van der Waals surface area contributed by atoms with Gasteiger partial charge in [-0.3, -0.25) is 0 Å². The van der Waals surface area contributed by atoms with Gasteiger partial charge in [0.15, 0.2) is 0 Å². The zero-order valence-corrected chi connectivity index (χ0v) is 5.88. The summed E-state index contributed by atoms with van der Waals surface area (Å²) in [7, 11) is 0. The molecule has 0 aliphatic carbocycles. The van der Waals surface area contributed by atoms with Crippen LogP contribution in [0.3, 0.4) is 0 Å². The lowest BCUT2D eigenvalue weighted by atomic mass is 10.3. The molecule has 9 heavy (non-hydrogen) atoms. The van der Waals surface area contributed by atoms with Gasteiger partial charge >= 0.3 is 0 Å². The van der Waals surface area contributed by atoms with Crippen molar-refractivity contribution >= 4 is 0 Å². The number of nitrogens with zero attached hydrogens (tertiary/aromatic N) is 1. The summed E-state index contributed by atoms with van der Waals surface area (Å²) in [6, 6.07) is 0. The van der Waals surface area contributed by atoms with Crippen molar-refractivity contribution in [1.82, 2.24) is 4.90 Å². The minimum Gasteiger partial charge on any atom is -0.374 e. The fourth-order valence-electron chi connectivity index (χ4n) is 0.960. The maximum absolute atomic E-state index is 2.31. The van der Waals surface area contributed by atoms with Gasteiger partial charge in [0.25, 0.3) is 0 Å². The summed E-state index contributed by atoms with van der Waals surface area (Å²) in [6.07, 6.45) is 9.72. The first-order valence-corrected chi connectivity index (χ1v) is 3.51. The molecule has 0 aromatic rings. The summed E-state index contributed by atoms with van der Waals surface area (Å²) in [5.74, 6) is 0. The predicted molar refractivity (Wildman–Crippen MR) is 40.1 cm³/mol. The van der Waals surface area contributed by atoms with Gasteiger partial charge in [-0.15, -0.1) is 0 Å². The molecule has 1 nitrogen and oxygen atoms in total. The van der Waals surface area contributed by atoms with Crippen LogP contribution in [-0.4, -0.2) is 18.0 Å². The van der Waals surface area contributed by atoms with E-state index in [0.717, 1.165) is 6.54 Å². The summed E-state index contributed by atoms with van der Waals surface area (Å²) in [6.45, 7) is 4.47. The van der Waals surface area contributed by atoms with Crippen LogP contribution in [0.1, 0.15) is 13.3 Å². The molecule has 1 heterocycles. The third-order valence-electron chi connectivity index (χ3n) is 1.39. The molecule has 50 valence electrons.